The number of aryl methyl sites for hydroxylation is 1. The molecular formula is C30H40N6O4. The predicted molar refractivity (Wildman–Crippen MR) is 152 cm³/mol. The monoisotopic (exact) mass is 548 g/mol. The zero-order chi connectivity index (χ0) is 28.9. The van der Waals surface area contributed by atoms with Crippen LogP contribution in [-0.2, 0) is 16.0 Å². The number of ether oxygens (including phenoxy) is 2. The van der Waals surface area contributed by atoms with Crippen molar-refractivity contribution in [2.24, 2.45) is 0 Å². The summed E-state index contributed by atoms with van der Waals surface area (Å²) >= 11 is 0. The smallest absolute Gasteiger partial charge is 0.410 e. The van der Waals surface area contributed by atoms with Gasteiger partial charge in [-0.05, 0) is 97.9 Å². The molecule has 10 nitrogen and oxygen atoms in total. The van der Waals surface area contributed by atoms with Crippen LogP contribution in [0, 0.1) is 6.92 Å². The highest BCUT2D eigenvalue weighted by Gasteiger charge is 2.54. The van der Waals surface area contributed by atoms with E-state index in [2.05, 4.69) is 28.1 Å². The summed E-state index contributed by atoms with van der Waals surface area (Å²) < 4.78 is 13.1. The maximum atomic E-state index is 12.9. The third-order valence-electron chi connectivity index (χ3n) is 7.29. The molecular weight excluding hydrogens is 508 g/mol. The number of aromatic nitrogens is 4. The van der Waals surface area contributed by atoms with Crippen molar-refractivity contribution >= 4 is 23.1 Å². The fourth-order valence-electron chi connectivity index (χ4n) is 5.30. The van der Waals surface area contributed by atoms with Crippen molar-refractivity contribution in [3.05, 3.63) is 41.9 Å². The number of fused-ring (bicyclic) bond motifs is 1. The lowest BCUT2D eigenvalue weighted by molar-refractivity contribution is -0.0000393. The van der Waals surface area contributed by atoms with E-state index in [0.29, 0.717) is 12.2 Å². The topological polar surface area (TPSA) is 111 Å². The number of carbonyl (C=O) groups is 2. The van der Waals surface area contributed by atoms with Gasteiger partial charge in [0, 0.05) is 29.9 Å². The molecule has 3 aromatic heterocycles. The van der Waals surface area contributed by atoms with Crippen LogP contribution in [-0.4, -0.2) is 60.1 Å². The number of hydrogen-bond acceptors (Lipinski definition) is 7. The Labute approximate surface area is 235 Å². The fraction of sp³-hybridized carbons (Fsp3) is 0.567. The van der Waals surface area contributed by atoms with Gasteiger partial charge in [-0.25, -0.2) is 14.6 Å². The summed E-state index contributed by atoms with van der Waals surface area (Å²) in [7, 11) is 0. The Morgan fingerprint density at radius 1 is 1.10 bits per heavy atom. The summed E-state index contributed by atoms with van der Waals surface area (Å²) in [4.78, 5) is 36.2. The van der Waals surface area contributed by atoms with Crippen molar-refractivity contribution in [3.8, 4) is 11.4 Å². The lowest BCUT2D eigenvalue weighted by Gasteiger charge is -2.40. The first-order valence-corrected chi connectivity index (χ1v) is 14.0. The number of nitrogens with zero attached hydrogens (tertiary/aromatic N) is 5. The van der Waals surface area contributed by atoms with E-state index in [9.17, 15) is 9.59 Å². The normalized spacial score (nSPS) is 18.6. The van der Waals surface area contributed by atoms with Crippen LogP contribution in [0.4, 0.5) is 9.59 Å². The number of pyridine rings is 2. The van der Waals surface area contributed by atoms with Gasteiger partial charge in [0.2, 0.25) is 0 Å². The Bertz CT molecular complexity index is 1430. The Kier molecular flexibility index (Phi) is 7.00. The third-order valence-corrected chi connectivity index (χ3v) is 7.29. The molecule has 1 unspecified atom stereocenters. The van der Waals surface area contributed by atoms with Crippen LogP contribution in [0.2, 0.25) is 0 Å². The van der Waals surface area contributed by atoms with Crippen LogP contribution in [0.1, 0.15) is 84.5 Å². The summed E-state index contributed by atoms with van der Waals surface area (Å²) in [5.74, 6) is 0. The quantitative estimate of drug-likeness (QED) is 0.430. The molecule has 0 aromatic carbocycles. The average Bonchev–Trinajstić information content (AvgIpc) is 3.49. The fourth-order valence-corrected chi connectivity index (χ4v) is 5.30. The van der Waals surface area contributed by atoms with E-state index in [1.807, 2.05) is 64.6 Å². The van der Waals surface area contributed by atoms with E-state index in [1.54, 1.807) is 6.20 Å². The molecule has 2 aliphatic rings. The number of amides is 2. The molecule has 10 heteroatoms. The SMILES string of the molecule is Cc1cn(C2CCN(C(=O)OC(C)(C)C)C3(CC3)C2)nc1-c1ccc2cnc(CNC(=O)OC(C)(C)C)cc2n1. The molecule has 0 bridgehead atoms. The Balaban J connectivity index is 1.30. The minimum atomic E-state index is -0.563. The maximum absolute atomic E-state index is 12.9. The van der Waals surface area contributed by atoms with Crippen molar-refractivity contribution < 1.29 is 19.1 Å². The summed E-state index contributed by atoms with van der Waals surface area (Å²) in [6, 6.07) is 6.05. The largest absolute Gasteiger partial charge is 0.444 e. The van der Waals surface area contributed by atoms with Gasteiger partial charge in [0.1, 0.15) is 16.9 Å². The molecule has 214 valence electrons. The minimum absolute atomic E-state index is 0.122. The zero-order valence-electron chi connectivity index (χ0n) is 24.6. The highest BCUT2D eigenvalue weighted by Crippen LogP contribution is 2.51. The van der Waals surface area contributed by atoms with Crippen molar-refractivity contribution in [1.29, 1.82) is 0 Å². The van der Waals surface area contributed by atoms with Crippen molar-refractivity contribution in [1.82, 2.24) is 30.0 Å². The molecule has 5 rings (SSSR count). The number of carbonyl (C=O) groups excluding carboxylic acids is 2. The van der Waals surface area contributed by atoms with Crippen LogP contribution in [0.5, 0.6) is 0 Å². The van der Waals surface area contributed by atoms with Crippen LogP contribution in [0.3, 0.4) is 0 Å². The summed E-state index contributed by atoms with van der Waals surface area (Å²) in [6.07, 6.45) is 6.86. The number of likely N-dealkylation sites (tertiary alicyclic amines) is 1. The van der Waals surface area contributed by atoms with Gasteiger partial charge in [-0.2, -0.15) is 5.10 Å². The molecule has 1 N–H and O–H groups in total. The van der Waals surface area contributed by atoms with E-state index >= 15 is 0 Å². The average molecular weight is 549 g/mol. The van der Waals surface area contributed by atoms with Gasteiger partial charge >= 0.3 is 12.2 Å². The van der Waals surface area contributed by atoms with Crippen molar-refractivity contribution in [3.63, 3.8) is 0 Å². The summed E-state index contributed by atoms with van der Waals surface area (Å²) in [6.45, 7) is 14.2. The zero-order valence-corrected chi connectivity index (χ0v) is 24.6. The van der Waals surface area contributed by atoms with Crippen LogP contribution >= 0.6 is 0 Å². The molecule has 0 radical (unpaired) electrons. The van der Waals surface area contributed by atoms with Gasteiger partial charge in [-0.3, -0.25) is 9.67 Å². The second-order valence-corrected chi connectivity index (χ2v) is 13.1. The number of piperidine rings is 1. The Morgan fingerprint density at radius 2 is 1.82 bits per heavy atom. The van der Waals surface area contributed by atoms with Gasteiger partial charge in [-0.15, -0.1) is 0 Å². The molecule has 3 aromatic rings. The van der Waals surface area contributed by atoms with Gasteiger partial charge in [0.25, 0.3) is 0 Å². The standard InChI is InChI=1S/C30H40N6O4/c1-19-18-36(22-10-13-35(30(15-22)11-12-30)27(38)40-29(5,6)7)34-25(19)23-9-8-20-16-31-21(14-24(20)33-23)17-32-26(37)39-28(2,3)4/h8-9,14,16,18,22H,10-13,15,17H2,1-7H3,(H,32,37). The highest BCUT2D eigenvalue weighted by atomic mass is 16.6. The molecule has 40 heavy (non-hydrogen) atoms. The van der Waals surface area contributed by atoms with E-state index in [-0.39, 0.29) is 24.2 Å². The molecule has 2 fully saturated rings. The molecule has 1 aliphatic heterocycles. The van der Waals surface area contributed by atoms with Crippen molar-refractivity contribution in [2.75, 3.05) is 6.54 Å². The Hall–Kier alpha value is -3.69. The van der Waals surface area contributed by atoms with Gasteiger partial charge in [0.15, 0.2) is 0 Å². The highest BCUT2D eigenvalue weighted by molar-refractivity contribution is 5.81. The summed E-state index contributed by atoms with van der Waals surface area (Å²) in [5, 5.41) is 8.64. The predicted octanol–water partition coefficient (Wildman–Crippen LogP) is 5.93. The summed E-state index contributed by atoms with van der Waals surface area (Å²) in [5.41, 5.74) is 2.96. The number of hydrogen-bond donors (Lipinski definition) is 1. The molecule has 1 saturated heterocycles. The molecule has 1 spiro atoms. The molecule has 1 aliphatic carbocycles. The Morgan fingerprint density at radius 3 is 2.50 bits per heavy atom. The van der Waals surface area contributed by atoms with Gasteiger partial charge < -0.3 is 19.7 Å². The van der Waals surface area contributed by atoms with E-state index in [0.717, 1.165) is 53.5 Å². The van der Waals surface area contributed by atoms with Crippen LogP contribution in [0.25, 0.3) is 22.3 Å². The molecule has 1 saturated carbocycles. The first-order chi connectivity index (χ1) is 18.7. The first-order valence-electron chi connectivity index (χ1n) is 14.0. The molecule has 1 atom stereocenters. The maximum Gasteiger partial charge on any atom is 0.410 e. The second kappa shape index (κ2) is 10.1. The van der Waals surface area contributed by atoms with Gasteiger partial charge in [-0.1, -0.05) is 0 Å². The van der Waals surface area contributed by atoms with E-state index in [4.69, 9.17) is 19.6 Å². The lowest BCUT2D eigenvalue weighted by atomic mass is 9.95. The van der Waals surface area contributed by atoms with Crippen LogP contribution in [0.15, 0.2) is 30.6 Å². The number of rotatable bonds is 4. The van der Waals surface area contributed by atoms with Crippen LogP contribution < -0.4 is 5.32 Å². The number of nitrogens with one attached hydrogen (secondary N) is 1. The van der Waals surface area contributed by atoms with E-state index < -0.39 is 17.3 Å². The lowest BCUT2D eigenvalue weighted by Crippen LogP contribution is -2.50. The molecule has 2 amide bonds. The van der Waals surface area contributed by atoms with Gasteiger partial charge in [0.05, 0.1) is 29.5 Å². The van der Waals surface area contributed by atoms with E-state index in [1.165, 1.54) is 0 Å². The number of alkyl carbamates (subject to hydrolysis) is 1. The third kappa shape index (κ3) is 6.21. The van der Waals surface area contributed by atoms with Crippen molar-refractivity contribution in [2.45, 2.75) is 103 Å². The molecule has 4 heterocycles. The minimum Gasteiger partial charge on any atom is -0.444 e. The second-order valence-electron chi connectivity index (χ2n) is 13.1. The first kappa shape index (κ1) is 27.9.